The zero-order chi connectivity index (χ0) is 10.9. The number of methoxy groups -OCH3 is 1. The summed E-state index contributed by atoms with van der Waals surface area (Å²) in [5.74, 6) is 0.744. The predicted octanol–water partition coefficient (Wildman–Crippen LogP) is 2.36. The van der Waals surface area contributed by atoms with Crippen molar-refractivity contribution in [2.45, 2.75) is 19.4 Å². The van der Waals surface area contributed by atoms with Gasteiger partial charge in [-0.2, -0.15) is 0 Å². The van der Waals surface area contributed by atoms with Crippen LogP contribution in [0.2, 0.25) is 0 Å². The Morgan fingerprint density at radius 3 is 2.43 bits per heavy atom. The number of phenols is 1. The maximum atomic E-state index is 9.70. The predicted molar refractivity (Wildman–Crippen MR) is 59.6 cm³/mol. The Morgan fingerprint density at radius 1 is 1.43 bits per heavy atom. The van der Waals surface area contributed by atoms with Gasteiger partial charge in [-0.1, -0.05) is 0 Å². The van der Waals surface area contributed by atoms with Crippen LogP contribution in [0.5, 0.6) is 11.5 Å². The number of hydrogen-bond acceptors (Lipinski definition) is 3. The number of halogens is 1. The molecule has 1 rings (SSSR count). The molecule has 0 bridgehead atoms. The highest BCUT2D eigenvalue weighted by Crippen LogP contribution is 2.36. The second-order valence-electron chi connectivity index (χ2n) is 3.73. The number of aromatic hydroxyl groups is 1. The topological polar surface area (TPSA) is 55.5 Å². The van der Waals surface area contributed by atoms with Crippen LogP contribution in [0, 0.1) is 0 Å². The van der Waals surface area contributed by atoms with Crippen molar-refractivity contribution in [3.05, 3.63) is 22.2 Å². The lowest BCUT2D eigenvalue weighted by molar-refractivity contribution is 0.398. The molecule has 3 nitrogen and oxygen atoms in total. The summed E-state index contributed by atoms with van der Waals surface area (Å²) in [4.78, 5) is 0. The fourth-order valence-electron chi connectivity index (χ4n) is 1.22. The first-order valence-electron chi connectivity index (χ1n) is 4.22. The molecule has 0 aliphatic heterocycles. The van der Waals surface area contributed by atoms with Crippen molar-refractivity contribution in [2.75, 3.05) is 7.11 Å². The molecule has 0 saturated carbocycles. The lowest BCUT2D eigenvalue weighted by Crippen LogP contribution is -2.28. The van der Waals surface area contributed by atoms with Crippen LogP contribution in [0.15, 0.2) is 16.6 Å². The van der Waals surface area contributed by atoms with Crippen molar-refractivity contribution in [3.8, 4) is 11.5 Å². The minimum absolute atomic E-state index is 0.151. The molecule has 0 amide bonds. The molecule has 0 aliphatic carbocycles. The Kier molecular flexibility index (Phi) is 3.07. The van der Waals surface area contributed by atoms with E-state index in [0.717, 1.165) is 4.47 Å². The average molecular weight is 260 g/mol. The van der Waals surface area contributed by atoms with E-state index in [2.05, 4.69) is 15.9 Å². The van der Waals surface area contributed by atoms with Gasteiger partial charge in [0.2, 0.25) is 0 Å². The number of phenolic OH excluding ortho intramolecular Hbond substituents is 1. The first kappa shape index (κ1) is 11.3. The standard InChI is InChI=1S/C10H14BrNO2/c1-10(2,12)6-4-7(11)9(14-3)5-8(6)13/h4-5,13H,12H2,1-3H3. The third-order valence-corrected chi connectivity index (χ3v) is 2.58. The fourth-order valence-corrected chi connectivity index (χ4v) is 1.72. The molecule has 0 atom stereocenters. The lowest BCUT2D eigenvalue weighted by Gasteiger charge is -2.21. The van der Waals surface area contributed by atoms with E-state index in [4.69, 9.17) is 10.5 Å². The monoisotopic (exact) mass is 259 g/mol. The first-order valence-corrected chi connectivity index (χ1v) is 5.01. The van der Waals surface area contributed by atoms with Crippen LogP contribution in [0.1, 0.15) is 19.4 Å². The molecule has 0 heterocycles. The summed E-state index contributed by atoms with van der Waals surface area (Å²) in [5.41, 5.74) is 6.01. The molecule has 0 aliphatic rings. The molecule has 14 heavy (non-hydrogen) atoms. The molecule has 0 radical (unpaired) electrons. The van der Waals surface area contributed by atoms with Gasteiger partial charge in [-0.3, -0.25) is 0 Å². The van der Waals surface area contributed by atoms with Crippen molar-refractivity contribution in [2.24, 2.45) is 5.73 Å². The molecule has 1 aromatic carbocycles. The molecule has 1 aromatic rings. The van der Waals surface area contributed by atoms with Crippen LogP contribution in [-0.4, -0.2) is 12.2 Å². The summed E-state index contributed by atoms with van der Waals surface area (Å²) in [6.07, 6.45) is 0. The van der Waals surface area contributed by atoms with E-state index in [0.29, 0.717) is 11.3 Å². The number of hydrogen-bond donors (Lipinski definition) is 2. The minimum atomic E-state index is -0.571. The highest BCUT2D eigenvalue weighted by atomic mass is 79.9. The molecule has 0 saturated heterocycles. The van der Waals surface area contributed by atoms with E-state index in [1.807, 2.05) is 13.8 Å². The smallest absolute Gasteiger partial charge is 0.136 e. The van der Waals surface area contributed by atoms with Crippen LogP contribution in [0.4, 0.5) is 0 Å². The zero-order valence-electron chi connectivity index (χ0n) is 8.47. The van der Waals surface area contributed by atoms with Crippen molar-refractivity contribution in [1.29, 1.82) is 0 Å². The molecule has 78 valence electrons. The molecule has 0 fully saturated rings. The van der Waals surface area contributed by atoms with E-state index in [9.17, 15) is 5.11 Å². The van der Waals surface area contributed by atoms with Gasteiger partial charge in [0.15, 0.2) is 0 Å². The second kappa shape index (κ2) is 3.79. The number of nitrogens with two attached hydrogens (primary N) is 1. The first-order chi connectivity index (χ1) is 6.36. The SMILES string of the molecule is COc1cc(O)c(C(C)(C)N)cc1Br. The number of rotatable bonds is 2. The molecular formula is C10H14BrNO2. The van der Waals surface area contributed by atoms with Crippen molar-refractivity contribution in [3.63, 3.8) is 0 Å². The molecule has 0 unspecified atom stereocenters. The van der Waals surface area contributed by atoms with Crippen molar-refractivity contribution >= 4 is 15.9 Å². The normalized spacial score (nSPS) is 11.5. The molecule has 0 spiro atoms. The van der Waals surface area contributed by atoms with Crippen LogP contribution < -0.4 is 10.5 Å². The second-order valence-corrected chi connectivity index (χ2v) is 4.58. The Labute approximate surface area is 92.0 Å². The van der Waals surface area contributed by atoms with Gasteiger partial charge in [-0.05, 0) is 35.8 Å². The Morgan fingerprint density at radius 2 is 2.00 bits per heavy atom. The maximum absolute atomic E-state index is 9.70. The van der Waals surface area contributed by atoms with Gasteiger partial charge in [0.05, 0.1) is 11.6 Å². The zero-order valence-corrected chi connectivity index (χ0v) is 10.1. The Bertz CT molecular complexity index is 345. The minimum Gasteiger partial charge on any atom is -0.507 e. The molecule has 4 heteroatoms. The summed E-state index contributed by atoms with van der Waals surface area (Å²) in [6, 6.07) is 3.32. The molecule has 3 N–H and O–H groups in total. The van der Waals surface area contributed by atoms with E-state index in [1.165, 1.54) is 0 Å². The van der Waals surface area contributed by atoms with Gasteiger partial charge < -0.3 is 15.6 Å². The van der Waals surface area contributed by atoms with E-state index < -0.39 is 5.54 Å². The maximum Gasteiger partial charge on any atom is 0.136 e. The van der Waals surface area contributed by atoms with E-state index in [1.54, 1.807) is 19.2 Å². The van der Waals surface area contributed by atoms with E-state index in [-0.39, 0.29) is 5.75 Å². The summed E-state index contributed by atoms with van der Waals surface area (Å²) in [5, 5.41) is 9.70. The molecular weight excluding hydrogens is 246 g/mol. The Hall–Kier alpha value is -0.740. The summed E-state index contributed by atoms with van der Waals surface area (Å²) >= 11 is 3.34. The van der Waals surface area contributed by atoms with Gasteiger partial charge in [0, 0.05) is 17.2 Å². The van der Waals surface area contributed by atoms with Gasteiger partial charge in [0.25, 0.3) is 0 Å². The summed E-state index contributed by atoms with van der Waals surface area (Å²) < 4.78 is 5.83. The van der Waals surface area contributed by atoms with Crippen molar-refractivity contribution < 1.29 is 9.84 Å². The highest BCUT2D eigenvalue weighted by Gasteiger charge is 2.20. The number of benzene rings is 1. The van der Waals surface area contributed by atoms with Gasteiger partial charge in [0.1, 0.15) is 11.5 Å². The quantitative estimate of drug-likeness (QED) is 0.858. The fraction of sp³-hybridized carbons (Fsp3) is 0.400. The lowest BCUT2D eigenvalue weighted by atomic mass is 9.95. The van der Waals surface area contributed by atoms with Crippen LogP contribution in [0.3, 0.4) is 0 Å². The van der Waals surface area contributed by atoms with E-state index >= 15 is 0 Å². The van der Waals surface area contributed by atoms with Crippen LogP contribution >= 0.6 is 15.9 Å². The van der Waals surface area contributed by atoms with Crippen LogP contribution in [-0.2, 0) is 5.54 Å². The largest absolute Gasteiger partial charge is 0.507 e. The molecule has 0 aromatic heterocycles. The summed E-state index contributed by atoms with van der Waals surface area (Å²) in [6.45, 7) is 3.67. The van der Waals surface area contributed by atoms with Gasteiger partial charge >= 0.3 is 0 Å². The van der Waals surface area contributed by atoms with Crippen LogP contribution in [0.25, 0.3) is 0 Å². The Balaban J connectivity index is 3.29. The third kappa shape index (κ3) is 2.19. The van der Waals surface area contributed by atoms with Gasteiger partial charge in [-0.25, -0.2) is 0 Å². The van der Waals surface area contributed by atoms with Crippen molar-refractivity contribution in [1.82, 2.24) is 0 Å². The van der Waals surface area contributed by atoms with Gasteiger partial charge in [-0.15, -0.1) is 0 Å². The number of ether oxygens (including phenoxy) is 1. The average Bonchev–Trinajstić information content (AvgIpc) is 2.06. The summed E-state index contributed by atoms with van der Waals surface area (Å²) in [7, 11) is 1.55. The highest BCUT2D eigenvalue weighted by molar-refractivity contribution is 9.10. The third-order valence-electron chi connectivity index (χ3n) is 1.96.